The van der Waals surface area contributed by atoms with Gasteiger partial charge in [-0.25, -0.2) is 0 Å². The highest BCUT2D eigenvalue weighted by Gasteiger charge is 2.41. The van der Waals surface area contributed by atoms with Crippen molar-refractivity contribution in [2.45, 2.75) is 71.1 Å². The minimum absolute atomic E-state index is 0.888. The summed E-state index contributed by atoms with van der Waals surface area (Å²) in [6.45, 7) is 2.36. The van der Waals surface area contributed by atoms with E-state index in [1.807, 2.05) is 11.1 Å². The summed E-state index contributed by atoms with van der Waals surface area (Å²) in [5, 5.41) is 0. The summed E-state index contributed by atoms with van der Waals surface area (Å²) >= 11 is 0. The molecule has 0 aromatic rings. The van der Waals surface area contributed by atoms with Gasteiger partial charge in [0.2, 0.25) is 0 Å². The molecule has 0 aliphatic heterocycles. The Hall–Kier alpha value is -0.520. The van der Waals surface area contributed by atoms with Gasteiger partial charge in [-0.1, -0.05) is 31.4 Å². The lowest BCUT2D eigenvalue weighted by Crippen LogP contribution is -2.30. The van der Waals surface area contributed by atoms with E-state index in [1.54, 1.807) is 18.4 Å². The first kappa shape index (κ1) is 12.2. The van der Waals surface area contributed by atoms with Gasteiger partial charge in [-0.2, -0.15) is 0 Å². The minimum Gasteiger partial charge on any atom is -0.0779 e. The monoisotopic (exact) mass is 256 g/mol. The summed E-state index contributed by atoms with van der Waals surface area (Å²) < 4.78 is 0. The molecule has 2 fully saturated rings. The van der Waals surface area contributed by atoms with E-state index in [4.69, 9.17) is 0 Å². The molecule has 0 spiro atoms. The smallest absolute Gasteiger partial charge is 0.0163 e. The van der Waals surface area contributed by atoms with Gasteiger partial charge in [-0.05, 0) is 86.2 Å². The maximum atomic E-state index is 2.66. The second kappa shape index (κ2) is 4.79. The van der Waals surface area contributed by atoms with Crippen molar-refractivity contribution in [2.75, 3.05) is 0 Å². The van der Waals surface area contributed by atoms with Gasteiger partial charge < -0.3 is 0 Å². The molecule has 0 N–H and O–H groups in total. The van der Waals surface area contributed by atoms with Gasteiger partial charge in [-0.3, -0.25) is 0 Å². The SMILES string of the molecule is CCC1C=C2CC[C@@H]3C(=C2CC1)CC[C@@H]1CCC[C@H]13. The summed E-state index contributed by atoms with van der Waals surface area (Å²) in [6.07, 6.45) is 17.3. The molecule has 1 unspecified atom stereocenters. The fourth-order valence-electron chi connectivity index (χ4n) is 5.69. The first-order valence-corrected chi connectivity index (χ1v) is 8.79. The van der Waals surface area contributed by atoms with Crippen LogP contribution in [0.1, 0.15) is 71.1 Å². The first-order chi connectivity index (χ1) is 9.36. The molecule has 0 heterocycles. The second-order valence-corrected chi connectivity index (χ2v) is 7.44. The molecule has 104 valence electrons. The van der Waals surface area contributed by atoms with Crippen molar-refractivity contribution in [2.24, 2.45) is 23.7 Å². The third kappa shape index (κ3) is 1.94. The Bertz CT molecular complexity index is 425. The van der Waals surface area contributed by atoms with E-state index in [1.165, 1.54) is 51.4 Å². The molecular weight excluding hydrogens is 228 g/mol. The Balaban J connectivity index is 1.68. The molecule has 0 amide bonds. The van der Waals surface area contributed by atoms with Crippen LogP contribution in [0.5, 0.6) is 0 Å². The van der Waals surface area contributed by atoms with Crippen LogP contribution in [0.4, 0.5) is 0 Å². The third-order valence-electron chi connectivity index (χ3n) is 6.69. The summed E-state index contributed by atoms with van der Waals surface area (Å²) in [5.74, 6) is 4.08. The molecular formula is C19H28. The van der Waals surface area contributed by atoms with Gasteiger partial charge in [0.15, 0.2) is 0 Å². The molecule has 0 aromatic heterocycles. The zero-order valence-corrected chi connectivity index (χ0v) is 12.5. The Morgan fingerprint density at radius 3 is 2.84 bits per heavy atom. The fraction of sp³-hybridized carbons (Fsp3) is 0.789. The van der Waals surface area contributed by atoms with Crippen LogP contribution in [0.2, 0.25) is 0 Å². The van der Waals surface area contributed by atoms with Crippen molar-refractivity contribution in [1.82, 2.24) is 0 Å². The number of fused-ring (bicyclic) bond motifs is 4. The molecule has 0 saturated heterocycles. The van der Waals surface area contributed by atoms with E-state index in [9.17, 15) is 0 Å². The van der Waals surface area contributed by atoms with Crippen molar-refractivity contribution < 1.29 is 0 Å². The lowest BCUT2D eigenvalue weighted by molar-refractivity contribution is 0.218. The molecule has 4 aliphatic carbocycles. The number of hydrogen-bond acceptors (Lipinski definition) is 0. The van der Waals surface area contributed by atoms with E-state index in [-0.39, 0.29) is 0 Å². The Labute approximate surface area is 118 Å². The standard InChI is InChI=1S/C19H28/c1-2-13-6-9-17-15(12-13)8-11-18-16-5-3-4-14(16)7-10-19(17)18/h12-14,16,18H,2-11H2,1H3/t13?,14-,16+,18-/m0/s1. The van der Waals surface area contributed by atoms with E-state index in [0.29, 0.717) is 0 Å². The Morgan fingerprint density at radius 2 is 1.95 bits per heavy atom. The van der Waals surface area contributed by atoms with Gasteiger partial charge in [-0.15, -0.1) is 0 Å². The molecule has 0 radical (unpaired) electrons. The van der Waals surface area contributed by atoms with Crippen molar-refractivity contribution in [3.63, 3.8) is 0 Å². The normalized spacial score (nSPS) is 41.4. The fourth-order valence-corrected chi connectivity index (χ4v) is 5.69. The van der Waals surface area contributed by atoms with Gasteiger partial charge >= 0.3 is 0 Å². The van der Waals surface area contributed by atoms with Crippen LogP contribution in [-0.2, 0) is 0 Å². The number of allylic oxidation sites excluding steroid dienone is 4. The van der Waals surface area contributed by atoms with Crippen LogP contribution in [0, 0.1) is 23.7 Å². The van der Waals surface area contributed by atoms with Crippen LogP contribution in [-0.4, -0.2) is 0 Å². The topological polar surface area (TPSA) is 0 Å². The zero-order valence-electron chi connectivity index (χ0n) is 12.5. The lowest BCUT2D eigenvalue weighted by atomic mass is 9.63. The molecule has 4 atom stereocenters. The van der Waals surface area contributed by atoms with Crippen LogP contribution in [0.3, 0.4) is 0 Å². The van der Waals surface area contributed by atoms with Crippen molar-refractivity contribution in [1.29, 1.82) is 0 Å². The quantitative estimate of drug-likeness (QED) is 0.568. The molecule has 4 aliphatic rings. The number of hydrogen-bond donors (Lipinski definition) is 0. The van der Waals surface area contributed by atoms with Crippen molar-refractivity contribution >= 4 is 0 Å². The van der Waals surface area contributed by atoms with E-state index >= 15 is 0 Å². The predicted octanol–water partition coefficient (Wildman–Crippen LogP) is 5.65. The van der Waals surface area contributed by atoms with E-state index in [2.05, 4.69) is 13.0 Å². The van der Waals surface area contributed by atoms with Gasteiger partial charge in [0, 0.05) is 0 Å². The molecule has 19 heavy (non-hydrogen) atoms. The largest absolute Gasteiger partial charge is 0.0779 e. The van der Waals surface area contributed by atoms with Gasteiger partial charge in [0.05, 0.1) is 0 Å². The average molecular weight is 256 g/mol. The number of rotatable bonds is 1. The van der Waals surface area contributed by atoms with Gasteiger partial charge in [0.25, 0.3) is 0 Å². The second-order valence-electron chi connectivity index (χ2n) is 7.44. The lowest BCUT2D eigenvalue weighted by Gasteiger charge is -2.42. The van der Waals surface area contributed by atoms with Crippen molar-refractivity contribution in [3.05, 3.63) is 22.8 Å². The highest BCUT2D eigenvalue weighted by molar-refractivity contribution is 5.42. The first-order valence-electron chi connectivity index (χ1n) is 8.79. The molecule has 0 nitrogen and oxygen atoms in total. The van der Waals surface area contributed by atoms with Gasteiger partial charge in [0.1, 0.15) is 0 Å². The third-order valence-corrected chi connectivity index (χ3v) is 6.69. The van der Waals surface area contributed by atoms with Crippen LogP contribution in [0.15, 0.2) is 22.8 Å². The van der Waals surface area contributed by atoms with E-state index < -0.39 is 0 Å². The van der Waals surface area contributed by atoms with Crippen LogP contribution in [0.25, 0.3) is 0 Å². The van der Waals surface area contributed by atoms with E-state index in [0.717, 1.165) is 23.7 Å². The summed E-state index contributed by atoms with van der Waals surface area (Å²) in [5.41, 5.74) is 5.57. The maximum absolute atomic E-state index is 2.66. The molecule has 0 aromatic carbocycles. The van der Waals surface area contributed by atoms with Crippen molar-refractivity contribution in [3.8, 4) is 0 Å². The highest BCUT2D eigenvalue weighted by Crippen LogP contribution is 2.54. The maximum Gasteiger partial charge on any atom is -0.0163 e. The Morgan fingerprint density at radius 1 is 1.00 bits per heavy atom. The summed E-state index contributed by atoms with van der Waals surface area (Å²) in [6, 6.07) is 0. The zero-order chi connectivity index (χ0) is 12.8. The van der Waals surface area contributed by atoms with Crippen LogP contribution >= 0.6 is 0 Å². The highest BCUT2D eigenvalue weighted by atomic mass is 14.5. The summed E-state index contributed by atoms with van der Waals surface area (Å²) in [7, 11) is 0. The average Bonchev–Trinajstić information content (AvgIpc) is 2.94. The summed E-state index contributed by atoms with van der Waals surface area (Å²) in [4.78, 5) is 0. The minimum atomic E-state index is 0.888. The molecule has 4 rings (SSSR count). The predicted molar refractivity (Wildman–Crippen MR) is 80.9 cm³/mol. The van der Waals surface area contributed by atoms with Crippen LogP contribution < -0.4 is 0 Å². The molecule has 0 heteroatoms. The molecule has 0 bridgehead atoms. The Kier molecular flexibility index (Phi) is 3.09. The molecule has 2 saturated carbocycles.